The van der Waals surface area contributed by atoms with Gasteiger partial charge in [0.15, 0.2) is 28.8 Å². The second-order valence-corrected chi connectivity index (χ2v) is 5.41. The second-order valence-electron chi connectivity index (χ2n) is 5.41. The van der Waals surface area contributed by atoms with Gasteiger partial charge in [-0.25, -0.2) is 9.50 Å². The molecular weight excluding hydrogens is 306 g/mol. The first-order valence-electron chi connectivity index (χ1n) is 7.64. The number of hydrogen-bond acceptors (Lipinski definition) is 5. The van der Waals surface area contributed by atoms with E-state index in [2.05, 4.69) is 16.7 Å². The molecule has 0 spiro atoms. The molecule has 1 aliphatic rings. The van der Waals surface area contributed by atoms with E-state index in [1.165, 1.54) is 6.08 Å². The zero-order valence-corrected chi connectivity index (χ0v) is 12.9. The van der Waals surface area contributed by atoms with Crippen molar-refractivity contribution in [2.45, 2.75) is 6.42 Å². The molecule has 3 heterocycles. The molecule has 0 N–H and O–H groups in total. The Morgan fingerprint density at radius 2 is 2.04 bits per heavy atom. The molecule has 0 aliphatic carbocycles. The number of allylic oxidation sites excluding steroid dienone is 1. The second kappa shape index (κ2) is 5.81. The van der Waals surface area contributed by atoms with Crippen LogP contribution in [-0.4, -0.2) is 33.6 Å². The smallest absolute Gasteiger partial charge is 0.162 e. The Kier molecular flexibility index (Phi) is 3.49. The van der Waals surface area contributed by atoms with Gasteiger partial charge in [-0.15, -0.1) is 0 Å². The summed E-state index contributed by atoms with van der Waals surface area (Å²) in [4.78, 5) is 15.9. The van der Waals surface area contributed by atoms with E-state index in [0.29, 0.717) is 24.7 Å². The summed E-state index contributed by atoms with van der Waals surface area (Å²) in [6.45, 7) is 4.58. The highest BCUT2D eigenvalue weighted by atomic mass is 16.6. The summed E-state index contributed by atoms with van der Waals surface area (Å²) in [5.41, 5.74) is 2.50. The molecule has 0 bridgehead atoms. The predicted molar refractivity (Wildman–Crippen MR) is 88.3 cm³/mol. The Bertz CT molecular complexity index is 946. The van der Waals surface area contributed by atoms with Crippen molar-refractivity contribution in [3.05, 3.63) is 54.9 Å². The summed E-state index contributed by atoms with van der Waals surface area (Å²) in [6.07, 6.45) is 1.43. The Hall–Kier alpha value is -3.15. The van der Waals surface area contributed by atoms with Crippen LogP contribution in [0.25, 0.3) is 16.9 Å². The number of rotatable bonds is 4. The lowest BCUT2D eigenvalue weighted by Gasteiger charge is -2.19. The number of hydrogen-bond donors (Lipinski definition) is 0. The van der Waals surface area contributed by atoms with Crippen molar-refractivity contribution in [1.82, 2.24) is 14.6 Å². The Morgan fingerprint density at radius 3 is 2.88 bits per heavy atom. The zero-order chi connectivity index (χ0) is 16.5. The van der Waals surface area contributed by atoms with E-state index in [4.69, 9.17) is 9.47 Å². The third-order valence-electron chi connectivity index (χ3n) is 3.80. The lowest BCUT2D eigenvalue weighted by molar-refractivity contribution is -0.114. The van der Waals surface area contributed by atoms with Gasteiger partial charge < -0.3 is 9.47 Å². The van der Waals surface area contributed by atoms with Crippen LogP contribution in [-0.2, 0) is 11.2 Å². The monoisotopic (exact) mass is 321 g/mol. The van der Waals surface area contributed by atoms with Crippen LogP contribution in [0, 0.1) is 0 Å². The fourth-order valence-corrected chi connectivity index (χ4v) is 2.67. The van der Waals surface area contributed by atoms with Crippen LogP contribution in [0.1, 0.15) is 5.82 Å². The summed E-state index contributed by atoms with van der Waals surface area (Å²) in [6, 6.07) is 11.5. The molecule has 0 unspecified atom stereocenters. The summed E-state index contributed by atoms with van der Waals surface area (Å²) in [5.74, 6) is 1.84. The predicted octanol–water partition coefficient (Wildman–Crippen LogP) is 2.47. The van der Waals surface area contributed by atoms with Crippen molar-refractivity contribution in [1.29, 1.82) is 0 Å². The molecule has 0 fully saturated rings. The molecule has 0 saturated carbocycles. The maximum Gasteiger partial charge on any atom is 0.162 e. The highest BCUT2D eigenvalue weighted by Crippen LogP contribution is 2.34. The molecule has 2 aromatic heterocycles. The Morgan fingerprint density at radius 1 is 1.21 bits per heavy atom. The van der Waals surface area contributed by atoms with Gasteiger partial charge in [-0.1, -0.05) is 12.6 Å². The lowest BCUT2D eigenvalue weighted by Crippen LogP contribution is -2.15. The quantitative estimate of drug-likeness (QED) is 0.691. The fourth-order valence-electron chi connectivity index (χ4n) is 2.67. The number of ether oxygens (including phenoxy) is 2. The normalized spacial score (nSPS) is 13.0. The van der Waals surface area contributed by atoms with E-state index in [-0.39, 0.29) is 12.2 Å². The molecule has 6 nitrogen and oxygen atoms in total. The van der Waals surface area contributed by atoms with Crippen LogP contribution in [0.3, 0.4) is 0 Å². The van der Waals surface area contributed by atoms with E-state index >= 15 is 0 Å². The van der Waals surface area contributed by atoms with Crippen molar-refractivity contribution in [2.24, 2.45) is 0 Å². The van der Waals surface area contributed by atoms with Crippen LogP contribution in [0.4, 0.5) is 0 Å². The summed E-state index contributed by atoms with van der Waals surface area (Å²) in [5, 5.41) is 4.45. The number of carbonyl (C=O) groups excluding carboxylic acids is 1. The first-order chi connectivity index (χ1) is 11.7. The highest BCUT2D eigenvalue weighted by molar-refractivity contribution is 5.90. The molecule has 1 aliphatic heterocycles. The number of fused-ring (bicyclic) bond motifs is 2. The van der Waals surface area contributed by atoms with Crippen molar-refractivity contribution in [3.8, 4) is 22.8 Å². The van der Waals surface area contributed by atoms with Gasteiger partial charge >= 0.3 is 0 Å². The molecule has 0 amide bonds. The molecule has 120 valence electrons. The van der Waals surface area contributed by atoms with Crippen molar-refractivity contribution in [3.63, 3.8) is 0 Å². The Balaban J connectivity index is 1.78. The van der Waals surface area contributed by atoms with Gasteiger partial charge in [-0.3, -0.25) is 4.79 Å². The third-order valence-corrected chi connectivity index (χ3v) is 3.80. The zero-order valence-electron chi connectivity index (χ0n) is 12.9. The topological polar surface area (TPSA) is 65.7 Å². The minimum Gasteiger partial charge on any atom is -0.486 e. The first-order valence-corrected chi connectivity index (χ1v) is 7.64. The van der Waals surface area contributed by atoms with Crippen molar-refractivity contribution in [2.75, 3.05) is 13.2 Å². The van der Waals surface area contributed by atoms with E-state index < -0.39 is 0 Å². The first kappa shape index (κ1) is 14.4. The van der Waals surface area contributed by atoms with Gasteiger partial charge in [0.1, 0.15) is 13.2 Å². The van der Waals surface area contributed by atoms with Gasteiger partial charge in [-0.05, 0) is 36.4 Å². The molecule has 0 saturated heterocycles. The van der Waals surface area contributed by atoms with Crippen LogP contribution < -0.4 is 9.47 Å². The van der Waals surface area contributed by atoms with Crippen LogP contribution in [0.5, 0.6) is 11.5 Å². The molecule has 3 aromatic rings. The molecule has 6 heteroatoms. The largest absolute Gasteiger partial charge is 0.486 e. The average molecular weight is 321 g/mol. The minimum atomic E-state index is -0.105. The fraction of sp³-hybridized carbons (Fsp3) is 0.167. The maximum absolute atomic E-state index is 11.5. The van der Waals surface area contributed by atoms with Gasteiger partial charge in [-0.2, -0.15) is 5.10 Å². The standard InChI is InChI=1S/C18H15N3O3/c1-2-13(22)11-17-19-18-5-3-4-14(21(18)20-17)12-6-7-15-16(10-12)24-9-8-23-15/h2-7,10H,1,8-9,11H2. The van der Waals surface area contributed by atoms with E-state index in [9.17, 15) is 4.79 Å². The molecule has 0 radical (unpaired) electrons. The summed E-state index contributed by atoms with van der Waals surface area (Å²) < 4.78 is 12.9. The molecule has 24 heavy (non-hydrogen) atoms. The van der Waals surface area contributed by atoms with E-state index in [1.807, 2.05) is 36.4 Å². The maximum atomic E-state index is 11.5. The molecule has 4 rings (SSSR count). The van der Waals surface area contributed by atoms with Gasteiger partial charge in [0.2, 0.25) is 0 Å². The average Bonchev–Trinajstić information content (AvgIpc) is 3.03. The van der Waals surface area contributed by atoms with E-state index in [0.717, 1.165) is 22.8 Å². The number of benzene rings is 1. The number of pyridine rings is 1. The molecule has 1 aromatic carbocycles. The Labute approximate surface area is 138 Å². The molecular formula is C18H15N3O3. The minimum absolute atomic E-state index is 0.105. The van der Waals surface area contributed by atoms with E-state index in [1.54, 1.807) is 4.52 Å². The van der Waals surface area contributed by atoms with Crippen molar-refractivity contribution < 1.29 is 14.3 Å². The highest BCUT2D eigenvalue weighted by Gasteiger charge is 2.15. The SMILES string of the molecule is C=CC(=O)Cc1nc2cccc(-c3ccc4c(c3)OCCO4)n2n1. The summed E-state index contributed by atoms with van der Waals surface area (Å²) >= 11 is 0. The van der Waals surface area contributed by atoms with Gasteiger partial charge in [0, 0.05) is 5.56 Å². The van der Waals surface area contributed by atoms with Gasteiger partial charge in [0.25, 0.3) is 0 Å². The van der Waals surface area contributed by atoms with Crippen LogP contribution in [0.15, 0.2) is 49.1 Å². The van der Waals surface area contributed by atoms with Gasteiger partial charge in [0.05, 0.1) is 12.1 Å². The van der Waals surface area contributed by atoms with Crippen LogP contribution in [0.2, 0.25) is 0 Å². The lowest BCUT2D eigenvalue weighted by atomic mass is 10.1. The third kappa shape index (κ3) is 2.52. The molecule has 0 atom stereocenters. The van der Waals surface area contributed by atoms with Crippen LogP contribution >= 0.6 is 0 Å². The number of ketones is 1. The number of nitrogens with zero attached hydrogens (tertiary/aromatic N) is 3. The number of carbonyl (C=O) groups is 1. The van der Waals surface area contributed by atoms with Crippen molar-refractivity contribution >= 4 is 11.4 Å². The summed E-state index contributed by atoms with van der Waals surface area (Å²) in [7, 11) is 0. The number of aromatic nitrogens is 3.